The highest BCUT2D eigenvalue weighted by Crippen LogP contribution is 2.34. The summed E-state index contributed by atoms with van der Waals surface area (Å²) in [6, 6.07) is 5.73. The second kappa shape index (κ2) is 9.08. The number of hydrogen-bond donors (Lipinski definition) is 1. The number of pyridine rings is 1. The fourth-order valence-corrected chi connectivity index (χ4v) is 4.10. The number of hydrogen-bond acceptors (Lipinski definition) is 7. The SMILES string of the molecule is O=[N+]([O-])c1cc(S(=O)(=O)C(F)(F)F)ccc1NCc1ccc(N2CCCCCC2)nc1. The van der Waals surface area contributed by atoms with E-state index in [4.69, 9.17) is 0 Å². The summed E-state index contributed by atoms with van der Waals surface area (Å²) in [6.07, 6.45) is 6.23. The number of nitro benzene ring substituents is 1. The molecule has 12 heteroatoms. The number of sulfone groups is 1. The van der Waals surface area contributed by atoms with Gasteiger partial charge >= 0.3 is 5.51 Å². The van der Waals surface area contributed by atoms with Crippen molar-refractivity contribution in [2.75, 3.05) is 23.3 Å². The molecule has 1 fully saturated rings. The standard InChI is InChI=1S/C19H21F3N4O4S/c20-19(21,22)31(29,30)15-6-7-16(17(11-15)26(27)28)23-12-14-5-8-18(24-13-14)25-9-3-1-2-4-10-25/h5-8,11,13,23H,1-4,9-10,12H2. The second-order valence-corrected chi connectivity index (χ2v) is 9.11. The number of rotatable bonds is 6. The molecule has 0 spiro atoms. The molecule has 168 valence electrons. The van der Waals surface area contributed by atoms with Crippen LogP contribution in [0.1, 0.15) is 31.2 Å². The van der Waals surface area contributed by atoms with Gasteiger partial charge < -0.3 is 10.2 Å². The zero-order chi connectivity index (χ0) is 22.6. The van der Waals surface area contributed by atoms with Gasteiger partial charge in [0.15, 0.2) is 0 Å². The molecule has 1 aromatic carbocycles. The average Bonchev–Trinajstić information content (AvgIpc) is 3.01. The monoisotopic (exact) mass is 458 g/mol. The van der Waals surface area contributed by atoms with E-state index in [9.17, 15) is 31.7 Å². The number of nitro groups is 1. The van der Waals surface area contributed by atoms with Crippen LogP contribution in [0.3, 0.4) is 0 Å². The second-order valence-electron chi connectivity index (χ2n) is 7.16. The minimum absolute atomic E-state index is 0.0947. The molecule has 0 amide bonds. The van der Waals surface area contributed by atoms with E-state index in [0.29, 0.717) is 17.7 Å². The lowest BCUT2D eigenvalue weighted by atomic mass is 10.2. The molecule has 2 aromatic rings. The topological polar surface area (TPSA) is 105 Å². The molecule has 1 aromatic heterocycles. The van der Waals surface area contributed by atoms with Gasteiger partial charge in [-0.05, 0) is 36.6 Å². The summed E-state index contributed by atoms with van der Waals surface area (Å²) in [5.41, 5.74) is -5.70. The van der Waals surface area contributed by atoms with Gasteiger partial charge in [0.25, 0.3) is 15.5 Å². The van der Waals surface area contributed by atoms with Gasteiger partial charge in [0.2, 0.25) is 0 Å². The number of anilines is 2. The highest BCUT2D eigenvalue weighted by molar-refractivity contribution is 7.92. The van der Waals surface area contributed by atoms with Gasteiger partial charge in [0, 0.05) is 31.9 Å². The van der Waals surface area contributed by atoms with Crippen LogP contribution in [-0.4, -0.2) is 36.9 Å². The fourth-order valence-electron chi connectivity index (χ4n) is 3.32. The summed E-state index contributed by atoms with van der Waals surface area (Å²) in [6.45, 7) is 1.99. The van der Waals surface area contributed by atoms with Crippen molar-refractivity contribution in [3.8, 4) is 0 Å². The van der Waals surface area contributed by atoms with Crippen molar-refractivity contribution in [2.24, 2.45) is 0 Å². The van der Waals surface area contributed by atoms with E-state index in [1.54, 1.807) is 6.20 Å². The van der Waals surface area contributed by atoms with E-state index in [-0.39, 0.29) is 12.2 Å². The molecule has 0 saturated carbocycles. The Bertz CT molecular complexity index is 1040. The maximum atomic E-state index is 12.7. The van der Waals surface area contributed by atoms with Gasteiger partial charge in [-0.25, -0.2) is 13.4 Å². The lowest BCUT2D eigenvalue weighted by Crippen LogP contribution is -2.24. The van der Waals surface area contributed by atoms with Crippen LogP contribution in [0.4, 0.5) is 30.4 Å². The molecule has 3 rings (SSSR count). The molecule has 8 nitrogen and oxygen atoms in total. The van der Waals surface area contributed by atoms with E-state index in [1.165, 1.54) is 12.8 Å². The number of nitrogens with zero attached hydrogens (tertiary/aromatic N) is 3. The lowest BCUT2D eigenvalue weighted by Gasteiger charge is -2.21. The van der Waals surface area contributed by atoms with Crippen molar-refractivity contribution in [1.82, 2.24) is 4.98 Å². The van der Waals surface area contributed by atoms with Crippen LogP contribution in [-0.2, 0) is 16.4 Å². The molecule has 2 heterocycles. The summed E-state index contributed by atoms with van der Waals surface area (Å²) >= 11 is 0. The van der Waals surface area contributed by atoms with E-state index in [2.05, 4.69) is 15.2 Å². The van der Waals surface area contributed by atoms with Gasteiger partial charge in [-0.15, -0.1) is 0 Å². The summed E-state index contributed by atoms with van der Waals surface area (Å²) < 4.78 is 61.2. The smallest absolute Gasteiger partial charge is 0.375 e. The van der Waals surface area contributed by atoms with Crippen molar-refractivity contribution < 1.29 is 26.5 Å². The average molecular weight is 458 g/mol. The van der Waals surface area contributed by atoms with E-state index in [0.717, 1.165) is 37.8 Å². The van der Waals surface area contributed by atoms with Gasteiger partial charge in [0.05, 0.1) is 9.82 Å². The minimum atomic E-state index is -5.68. The van der Waals surface area contributed by atoms with Crippen molar-refractivity contribution in [3.05, 3.63) is 52.2 Å². The Labute approximate surface area is 177 Å². The number of aromatic nitrogens is 1. The summed E-state index contributed by atoms with van der Waals surface area (Å²) in [7, 11) is -5.68. The van der Waals surface area contributed by atoms with Crippen molar-refractivity contribution in [1.29, 1.82) is 0 Å². The first-order valence-corrected chi connectivity index (χ1v) is 11.1. The molecule has 1 saturated heterocycles. The maximum absolute atomic E-state index is 12.7. The molecule has 0 aliphatic carbocycles. The number of alkyl halides is 3. The third kappa shape index (κ3) is 5.24. The Morgan fingerprint density at radius 2 is 1.77 bits per heavy atom. The predicted molar refractivity (Wildman–Crippen MR) is 109 cm³/mol. The lowest BCUT2D eigenvalue weighted by molar-refractivity contribution is -0.384. The van der Waals surface area contributed by atoms with Crippen LogP contribution in [0.2, 0.25) is 0 Å². The Morgan fingerprint density at radius 3 is 2.32 bits per heavy atom. The zero-order valence-electron chi connectivity index (χ0n) is 16.4. The van der Waals surface area contributed by atoms with Gasteiger partial charge in [-0.3, -0.25) is 10.1 Å². The molecule has 1 aliphatic heterocycles. The zero-order valence-corrected chi connectivity index (χ0v) is 17.2. The summed E-state index contributed by atoms with van der Waals surface area (Å²) in [4.78, 5) is 15.8. The van der Waals surface area contributed by atoms with Crippen LogP contribution in [0.25, 0.3) is 0 Å². The highest BCUT2D eigenvalue weighted by atomic mass is 32.2. The van der Waals surface area contributed by atoms with Crippen LogP contribution in [0, 0.1) is 10.1 Å². The quantitative estimate of drug-likeness (QED) is 0.509. The molecule has 31 heavy (non-hydrogen) atoms. The molecule has 0 unspecified atom stereocenters. The van der Waals surface area contributed by atoms with Crippen LogP contribution in [0.5, 0.6) is 0 Å². The van der Waals surface area contributed by atoms with Crippen molar-refractivity contribution in [3.63, 3.8) is 0 Å². The van der Waals surface area contributed by atoms with E-state index < -0.39 is 30.9 Å². The van der Waals surface area contributed by atoms with Crippen LogP contribution < -0.4 is 10.2 Å². The Balaban J connectivity index is 1.74. The van der Waals surface area contributed by atoms with Crippen LogP contribution in [0.15, 0.2) is 41.4 Å². The number of benzene rings is 1. The highest BCUT2D eigenvalue weighted by Gasteiger charge is 2.47. The molecule has 0 atom stereocenters. The Morgan fingerprint density at radius 1 is 1.10 bits per heavy atom. The van der Waals surface area contributed by atoms with Gasteiger partial charge in [-0.1, -0.05) is 18.9 Å². The maximum Gasteiger partial charge on any atom is 0.501 e. The van der Waals surface area contributed by atoms with E-state index >= 15 is 0 Å². The third-order valence-corrected chi connectivity index (χ3v) is 6.49. The normalized spacial score (nSPS) is 15.4. The predicted octanol–water partition coefficient (Wildman–Crippen LogP) is 4.28. The van der Waals surface area contributed by atoms with Crippen LogP contribution >= 0.6 is 0 Å². The first kappa shape index (κ1) is 22.8. The van der Waals surface area contributed by atoms with Crippen molar-refractivity contribution >= 4 is 27.0 Å². The van der Waals surface area contributed by atoms with Gasteiger partial charge in [-0.2, -0.15) is 13.2 Å². The first-order chi connectivity index (χ1) is 14.6. The van der Waals surface area contributed by atoms with E-state index in [1.807, 2.05) is 12.1 Å². The molecular formula is C19H21F3N4O4S. The number of nitrogens with one attached hydrogen (secondary N) is 1. The number of halogens is 3. The van der Waals surface area contributed by atoms with Gasteiger partial charge in [0.1, 0.15) is 11.5 Å². The molecular weight excluding hydrogens is 437 g/mol. The summed E-state index contributed by atoms with van der Waals surface area (Å²) in [5.74, 6) is 0.846. The Hall–Kier alpha value is -2.89. The minimum Gasteiger partial charge on any atom is -0.375 e. The largest absolute Gasteiger partial charge is 0.501 e. The third-order valence-electron chi connectivity index (χ3n) is 5.00. The molecule has 1 N–H and O–H groups in total. The molecule has 0 radical (unpaired) electrons. The fraction of sp³-hybridized carbons (Fsp3) is 0.421. The first-order valence-electron chi connectivity index (χ1n) is 9.63. The Kier molecular flexibility index (Phi) is 6.68. The summed E-state index contributed by atoms with van der Waals surface area (Å²) in [5, 5.41) is 14.0. The van der Waals surface area contributed by atoms with Crippen molar-refractivity contribution in [2.45, 2.75) is 42.6 Å². The molecule has 0 bridgehead atoms. The molecule has 1 aliphatic rings.